The van der Waals surface area contributed by atoms with Gasteiger partial charge in [0.2, 0.25) is 0 Å². The zero-order valence-corrected chi connectivity index (χ0v) is 35.5. The topological polar surface area (TPSA) is 57.5 Å². The van der Waals surface area contributed by atoms with Gasteiger partial charge in [-0.15, -0.1) is 68.0 Å². The Hall–Kier alpha value is -3.47. The predicted molar refractivity (Wildman–Crippen MR) is 231 cm³/mol. The summed E-state index contributed by atoms with van der Waals surface area (Å²) in [7, 11) is -4.01. The van der Waals surface area contributed by atoms with Crippen LogP contribution in [-0.2, 0) is 0 Å². The highest BCUT2D eigenvalue weighted by Gasteiger charge is 2.43. The molecule has 2 aliphatic heterocycles. The Labute approximate surface area is 325 Å². The first kappa shape index (κ1) is 33.1. The van der Waals surface area contributed by atoms with Crippen molar-refractivity contribution < 1.29 is 19.4 Å². The summed E-state index contributed by atoms with van der Waals surface area (Å²) in [6.07, 6.45) is 0. The molecule has 0 amide bonds. The van der Waals surface area contributed by atoms with Gasteiger partial charge in [-0.05, 0) is 105 Å². The van der Waals surface area contributed by atoms with E-state index in [1.807, 2.05) is 35.6 Å². The molecule has 10 rings (SSSR count). The van der Waals surface area contributed by atoms with Crippen molar-refractivity contribution >= 4 is 121 Å². The lowest BCUT2D eigenvalue weighted by Gasteiger charge is -2.16. The highest BCUT2D eigenvalue weighted by Crippen LogP contribution is 2.55. The van der Waals surface area contributed by atoms with Gasteiger partial charge in [0.15, 0.2) is 11.6 Å². The number of Topliss-reactive ketones (excluding diaryl/α,β-unsaturated/α-hetero) is 1. The van der Waals surface area contributed by atoms with Gasteiger partial charge in [-0.25, -0.2) is 4.39 Å². The molecule has 0 radical (unpaired) electrons. The second-order valence-corrected chi connectivity index (χ2v) is 29.4. The molecule has 0 unspecified atom stereocenters. The zero-order valence-electron chi connectivity index (χ0n) is 28.6. The molecule has 0 aliphatic carbocycles. The molecule has 52 heavy (non-hydrogen) atoms. The SMILES string of the molecule is CC(=O)c1sc2c(-c3cc4c(s3)-c3sc(-c5ccc(O)cc5)cc3[Si]4(C)C)sc(-c3cc4c(s3)-c3sc(-c5ccc(O)cc5)cc3[Si]4(C)C)c2c1F. The van der Waals surface area contributed by atoms with E-state index < -0.39 is 16.1 Å². The van der Waals surface area contributed by atoms with Crippen LogP contribution >= 0.6 is 68.0 Å². The number of phenols is 2. The van der Waals surface area contributed by atoms with Gasteiger partial charge in [0, 0.05) is 51.3 Å². The number of fused-ring (bicyclic) bond motifs is 7. The van der Waals surface area contributed by atoms with E-state index in [2.05, 4.69) is 50.5 Å². The minimum Gasteiger partial charge on any atom is -0.508 e. The number of ketones is 1. The maximum absolute atomic E-state index is 16.4. The van der Waals surface area contributed by atoms with E-state index in [4.69, 9.17) is 0 Å². The van der Waals surface area contributed by atoms with Crippen LogP contribution in [0.2, 0.25) is 26.2 Å². The molecular formula is C40H29FO3S6Si2. The quantitative estimate of drug-likeness (QED) is 0.134. The summed E-state index contributed by atoms with van der Waals surface area (Å²) in [5.74, 6) is -0.0994. The van der Waals surface area contributed by atoms with Crippen molar-refractivity contribution in [1.29, 1.82) is 0 Å². The number of halogens is 1. The largest absolute Gasteiger partial charge is 0.508 e. The average Bonchev–Trinajstić information content (AvgIpc) is 3.95. The molecule has 0 saturated carbocycles. The van der Waals surface area contributed by atoms with Gasteiger partial charge >= 0.3 is 0 Å². The van der Waals surface area contributed by atoms with E-state index in [-0.39, 0.29) is 28.0 Å². The summed E-state index contributed by atoms with van der Waals surface area (Å²) in [4.78, 5) is 24.8. The van der Waals surface area contributed by atoms with Gasteiger partial charge in [0.05, 0.1) is 14.5 Å². The molecule has 2 N–H and O–H groups in total. The van der Waals surface area contributed by atoms with Gasteiger partial charge in [-0.2, -0.15) is 0 Å². The highest BCUT2D eigenvalue weighted by atomic mass is 32.1. The highest BCUT2D eigenvalue weighted by molar-refractivity contribution is 7.37. The van der Waals surface area contributed by atoms with Crippen LogP contribution in [0, 0.1) is 5.82 Å². The Morgan fingerprint density at radius 2 is 0.923 bits per heavy atom. The molecule has 2 aromatic carbocycles. The van der Waals surface area contributed by atoms with Gasteiger partial charge in [-0.3, -0.25) is 4.79 Å². The predicted octanol–water partition coefficient (Wildman–Crippen LogP) is 11.2. The maximum Gasteiger partial charge on any atom is 0.172 e. The van der Waals surface area contributed by atoms with Crippen LogP contribution in [0.5, 0.6) is 11.5 Å². The maximum atomic E-state index is 16.4. The molecular weight excluding hydrogens is 796 g/mol. The lowest BCUT2D eigenvalue weighted by Crippen LogP contribution is -2.48. The van der Waals surface area contributed by atoms with E-state index in [1.54, 1.807) is 69.6 Å². The molecule has 0 bridgehead atoms. The van der Waals surface area contributed by atoms with E-state index in [0.29, 0.717) is 5.39 Å². The van der Waals surface area contributed by atoms with Crippen molar-refractivity contribution in [2.45, 2.75) is 33.1 Å². The standard InChI is InChI=1S/C40H29FO3S6Si2/c1-18(42)33-32(41)31-34(25-16-29-38(47-25)36-27(51(29,2)3)14-23(45-36)19-6-10-21(43)11-7-19)50-35(40(31)49-33)26-17-30-39(48-26)37-28(52(30,4)5)15-24(46-37)20-8-12-22(44)13-9-20/h6-17,43-44H,1-5H3. The lowest BCUT2D eigenvalue weighted by atomic mass is 10.2. The number of aromatic hydroxyl groups is 2. The number of carbonyl (C=O) groups is 1. The minimum atomic E-state index is -2.02. The number of hydrogen-bond donors (Lipinski definition) is 2. The summed E-state index contributed by atoms with van der Waals surface area (Å²) in [5.41, 5.74) is 2.21. The first-order valence-electron chi connectivity index (χ1n) is 16.7. The number of hydrogen-bond acceptors (Lipinski definition) is 9. The second kappa shape index (κ2) is 11.3. The Kier molecular flexibility index (Phi) is 7.18. The third-order valence-corrected chi connectivity index (χ3v) is 26.2. The van der Waals surface area contributed by atoms with E-state index in [9.17, 15) is 15.0 Å². The van der Waals surface area contributed by atoms with Crippen LogP contribution < -0.4 is 20.7 Å². The van der Waals surface area contributed by atoms with Crippen molar-refractivity contribution in [2.75, 3.05) is 0 Å². The van der Waals surface area contributed by atoms with E-state index >= 15 is 4.39 Å². The Morgan fingerprint density at radius 1 is 0.538 bits per heavy atom. The molecule has 12 heteroatoms. The van der Waals surface area contributed by atoms with Crippen molar-refractivity contribution in [3.63, 3.8) is 0 Å². The number of carbonyl (C=O) groups excluding carboxylic acids is 1. The summed E-state index contributed by atoms with van der Waals surface area (Å²) in [6, 6.07) is 24.3. The number of rotatable bonds is 5. The van der Waals surface area contributed by atoms with E-state index in [0.717, 1.165) is 35.3 Å². The van der Waals surface area contributed by atoms with Gasteiger partial charge < -0.3 is 10.2 Å². The molecule has 2 aliphatic rings. The monoisotopic (exact) mass is 824 g/mol. The molecule has 0 fully saturated rings. The number of benzene rings is 2. The first-order valence-corrected chi connectivity index (χ1v) is 27.6. The van der Waals surface area contributed by atoms with E-state index in [1.165, 1.54) is 68.3 Å². The van der Waals surface area contributed by atoms with Gasteiger partial charge in [0.25, 0.3) is 0 Å². The second-order valence-electron chi connectivity index (χ2n) is 14.5. The van der Waals surface area contributed by atoms with Crippen LogP contribution in [0.4, 0.5) is 4.39 Å². The third kappa shape index (κ3) is 4.62. The van der Waals surface area contributed by atoms with Crippen LogP contribution in [0.15, 0.2) is 72.8 Å². The molecule has 3 nitrogen and oxygen atoms in total. The number of phenolic OH excluding ortho intramolecular Hbond substituents is 2. The average molecular weight is 825 g/mol. The van der Waals surface area contributed by atoms with Crippen LogP contribution in [0.3, 0.4) is 0 Å². The fourth-order valence-corrected chi connectivity index (χ4v) is 24.9. The van der Waals surface area contributed by atoms with Crippen molar-refractivity contribution in [3.8, 4) is 71.4 Å². The molecule has 6 aromatic heterocycles. The fraction of sp³-hybridized carbons (Fsp3) is 0.125. The first-order chi connectivity index (χ1) is 24.8. The van der Waals surface area contributed by atoms with Crippen molar-refractivity contribution in [2.24, 2.45) is 0 Å². The molecule has 8 aromatic rings. The number of thiophene rings is 6. The zero-order chi connectivity index (χ0) is 36.0. The normalized spacial score (nSPS) is 14.9. The summed E-state index contributed by atoms with van der Waals surface area (Å²) in [6.45, 7) is 11.1. The van der Waals surface area contributed by atoms with Crippen LogP contribution in [0.1, 0.15) is 16.6 Å². The Balaban J connectivity index is 1.11. The van der Waals surface area contributed by atoms with Crippen LogP contribution in [-0.4, -0.2) is 32.1 Å². The molecule has 8 heterocycles. The molecule has 0 spiro atoms. The third-order valence-electron chi connectivity index (χ3n) is 10.6. The van der Waals surface area contributed by atoms with Crippen LogP contribution in [0.25, 0.3) is 70.0 Å². The summed E-state index contributed by atoms with van der Waals surface area (Å²) < 4.78 is 17.3. The molecule has 0 saturated heterocycles. The fourth-order valence-electron chi connectivity index (χ4n) is 7.68. The molecule has 258 valence electrons. The summed E-state index contributed by atoms with van der Waals surface area (Å²) >= 11 is 10.2. The smallest absolute Gasteiger partial charge is 0.172 e. The van der Waals surface area contributed by atoms with Gasteiger partial charge in [-0.1, -0.05) is 26.2 Å². The van der Waals surface area contributed by atoms with Gasteiger partial charge in [0.1, 0.15) is 32.5 Å². The minimum absolute atomic E-state index is 0.205. The van der Waals surface area contributed by atoms with Crippen molar-refractivity contribution in [1.82, 2.24) is 0 Å². The Bertz CT molecular complexity index is 2810. The van der Waals surface area contributed by atoms with Crippen molar-refractivity contribution in [3.05, 3.63) is 83.5 Å². The molecule has 0 atom stereocenters. The summed E-state index contributed by atoms with van der Waals surface area (Å²) in [5, 5.41) is 26.0. The Morgan fingerprint density at radius 3 is 1.35 bits per heavy atom. The lowest BCUT2D eigenvalue weighted by molar-refractivity contribution is 0.101.